The molecule has 0 fully saturated rings. The summed E-state index contributed by atoms with van der Waals surface area (Å²) < 4.78 is 28.6. The lowest BCUT2D eigenvalue weighted by Gasteiger charge is -2.09. The van der Waals surface area contributed by atoms with Gasteiger partial charge in [0, 0.05) is 25.5 Å². The molecule has 2 rings (SSSR count). The van der Waals surface area contributed by atoms with Gasteiger partial charge in [0.1, 0.15) is 17.1 Å². The van der Waals surface area contributed by atoms with E-state index >= 15 is 0 Å². The molecule has 0 radical (unpaired) electrons. The molecule has 9 heteroatoms. The summed E-state index contributed by atoms with van der Waals surface area (Å²) in [6.07, 6.45) is 4.03. The highest BCUT2D eigenvalue weighted by Gasteiger charge is 2.18. The van der Waals surface area contributed by atoms with Gasteiger partial charge in [-0.25, -0.2) is 22.9 Å². The van der Waals surface area contributed by atoms with Crippen LogP contribution in [0, 0.1) is 6.92 Å². The predicted molar refractivity (Wildman–Crippen MR) is 81.8 cm³/mol. The van der Waals surface area contributed by atoms with E-state index in [2.05, 4.69) is 9.71 Å². The van der Waals surface area contributed by atoms with E-state index in [0.717, 1.165) is 24.0 Å². The Bertz CT molecular complexity index is 814. The summed E-state index contributed by atoms with van der Waals surface area (Å²) in [6.45, 7) is 2.67. The molecule has 0 unspecified atom stereocenters. The van der Waals surface area contributed by atoms with Crippen molar-refractivity contribution in [2.45, 2.75) is 24.8 Å². The number of aromatic carboxylic acids is 1. The summed E-state index contributed by atoms with van der Waals surface area (Å²) in [4.78, 5) is 14.8. The molecule has 0 aliphatic rings. The van der Waals surface area contributed by atoms with Gasteiger partial charge in [0.15, 0.2) is 0 Å². The third kappa shape index (κ3) is 4.08. The Kier molecular flexibility index (Phi) is 5.02. The van der Waals surface area contributed by atoms with Gasteiger partial charge in [0.2, 0.25) is 10.0 Å². The normalized spacial score (nSPS) is 11.5. The summed E-state index contributed by atoms with van der Waals surface area (Å²) in [7, 11) is -3.83. The van der Waals surface area contributed by atoms with Gasteiger partial charge in [-0.1, -0.05) is 0 Å². The molecule has 1 heterocycles. The standard InChI is InChI=1S/C14H17N3O5S/c1-10-15-6-8-17(10)7-2-5-16-23(21,22)11-3-4-13(18)12(9-11)14(19)20/h3-4,6,8-9,16,18H,2,5,7H2,1H3,(H,19,20). The molecule has 0 atom stereocenters. The van der Waals surface area contributed by atoms with Crippen molar-refractivity contribution in [2.24, 2.45) is 0 Å². The lowest BCUT2D eigenvalue weighted by molar-refractivity contribution is 0.0693. The molecule has 23 heavy (non-hydrogen) atoms. The van der Waals surface area contributed by atoms with Crippen molar-refractivity contribution in [3.63, 3.8) is 0 Å². The zero-order chi connectivity index (χ0) is 17.0. The molecule has 8 nitrogen and oxygen atoms in total. The summed E-state index contributed by atoms with van der Waals surface area (Å²) in [6, 6.07) is 3.14. The fraction of sp³-hybridized carbons (Fsp3) is 0.286. The first kappa shape index (κ1) is 17.0. The van der Waals surface area contributed by atoms with Crippen LogP contribution < -0.4 is 4.72 Å². The van der Waals surface area contributed by atoms with Crippen LogP contribution in [-0.2, 0) is 16.6 Å². The number of carbonyl (C=O) groups is 1. The van der Waals surface area contributed by atoms with E-state index in [4.69, 9.17) is 5.11 Å². The quantitative estimate of drug-likeness (QED) is 0.646. The highest BCUT2D eigenvalue weighted by molar-refractivity contribution is 7.89. The van der Waals surface area contributed by atoms with E-state index in [0.29, 0.717) is 13.0 Å². The molecular formula is C14H17N3O5S. The Morgan fingerprint density at radius 1 is 1.39 bits per heavy atom. The number of aromatic nitrogens is 2. The number of sulfonamides is 1. The predicted octanol–water partition coefficient (Wildman–Crippen LogP) is 0.964. The highest BCUT2D eigenvalue weighted by Crippen LogP contribution is 2.21. The minimum Gasteiger partial charge on any atom is -0.507 e. The molecule has 0 spiro atoms. The van der Waals surface area contributed by atoms with Gasteiger partial charge in [-0.05, 0) is 31.5 Å². The fourth-order valence-corrected chi connectivity index (χ4v) is 3.13. The number of benzene rings is 1. The van der Waals surface area contributed by atoms with Gasteiger partial charge in [-0.2, -0.15) is 0 Å². The number of carboxylic acids is 1. The summed E-state index contributed by atoms with van der Waals surface area (Å²) in [5, 5.41) is 18.3. The van der Waals surface area contributed by atoms with Crippen molar-refractivity contribution in [1.29, 1.82) is 0 Å². The Labute approximate surface area is 133 Å². The largest absolute Gasteiger partial charge is 0.507 e. The minimum atomic E-state index is -3.83. The molecule has 0 aliphatic carbocycles. The van der Waals surface area contributed by atoms with Crippen LogP contribution in [0.5, 0.6) is 5.75 Å². The van der Waals surface area contributed by atoms with Crippen molar-refractivity contribution in [1.82, 2.24) is 14.3 Å². The van der Waals surface area contributed by atoms with Crippen molar-refractivity contribution in [2.75, 3.05) is 6.54 Å². The van der Waals surface area contributed by atoms with Crippen LogP contribution in [0.4, 0.5) is 0 Å². The molecule has 1 aromatic carbocycles. The third-order valence-corrected chi connectivity index (χ3v) is 4.76. The van der Waals surface area contributed by atoms with Crippen molar-refractivity contribution in [3.8, 4) is 5.75 Å². The van der Waals surface area contributed by atoms with Crippen molar-refractivity contribution in [3.05, 3.63) is 42.0 Å². The lowest BCUT2D eigenvalue weighted by atomic mass is 10.2. The van der Waals surface area contributed by atoms with Gasteiger partial charge >= 0.3 is 5.97 Å². The van der Waals surface area contributed by atoms with E-state index in [1.165, 1.54) is 0 Å². The monoisotopic (exact) mass is 339 g/mol. The number of hydrogen-bond acceptors (Lipinski definition) is 5. The maximum atomic E-state index is 12.1. The number of hydrogen-bond donors (Lipinski definition) is 3. The fourth-order valence-electron chi connectivity index (χ4n) is 2.03. The van der Waals surface area contributed by atoms with Crippen LogP contribution in [-0.4, -0.2) is 40.7 Å². The molecule has 0 bridgehead atoms. The van der Waals surface area contributed by atoms with E-state index in [1.807, 2.05) is 17.7 Å². The van der Waals surface area contributed by atoms with Crippen LogP contribution in [0.2, 0.25) is 0 Å². The number of phenols is 1. The van der Waals surface area contributed by atoms with Gasteiger partial charge in [-0.15, -0.1) is 0 Å². The Morgan fingerprint density at radius 3 is 2.74 bits per heavy atom. The molecule has 124 valence electrons. The molecule has 1 aromatic heterocycles. The summed E-state index contributed by atoms with van der Waals surface area (Å²) in [5.74, 6) is -1.03. The van der Waals surface area contributed by atoms with Crippen molar-refractivity contribution >= 4 is 16.0 Å². The molecule has 0 saturated heterocycles. The Balaban J connectivity index is 2.00. The Morgan fingerprint density at radius 2 is 2.13 bits per heavy atom. The highest BCUT2D eigenvalue weighted by atomic mass is 32.2. The smallest absolute Gasteiger partial charge is 0.339 e. The molecule has 0 aliphatic heterocycles. The van der Waals surface area contributed by atoms with Crippen molar-refractivity contribution < 1.29 is 23.4 Å². The molecular weight excluding hydrogens is 322 g/mol. The summed E-state index contributed by atoms with van der Waals surface area (Å²) in [5.41, 5.74) is -0.457. The van der Waals surface area contributed by atoms with Gasteiger partial charge in [0.25, 0.3) is 0 Å². The van der Waals surface area contributed by atoms with Gasteiger partial charge in [0.05, 0.1) is 4.90 Å². The maximum absolute atomic E-state index is 12.1. The molecule has 3 N–H and O–H groups in total. The number of imidazole rings is 1. The average molecular weight is 339 g/mol. The Hall–Kier alpha value is -2.39. The third-order valence-electron chi connectivity index (χ3n) is 3.30. The van der Waals surface area contributed by atoms with Crippen LogP contribution in [0.1, 0.15) is 22.6 Å². The van der Waals surface area contributed by atoms with E-state index in [-0.39, 0.29) is 11.4 Å². The number of nitrogens with one attached hydrogen (secondary N) is 1. The van der Waals surface area contributed by atoms with Crippen LogP contribution in [0.15, 0.2) is 35.5 Å². The first-order chi connectivity index (χ1) is 10.8. The topological polar surface area (TPSA) is 122 Å². The maximum Gasteiger partial charge on any atom is 0.339 e. The first-order valence-electron chi connectivity index (χ1n) is 6.85. The second kappa shape index (κ2) is 6.80. The second-order valence-electron chi connectivity index (χ2n) is 4.90. The molecule has 0 amide bonds. The van der Waals surface area contributed by atoms with Crippen LogP contribution in [0.25, 0.3) is 0 Å². The number of nitrogens with zero attached hydrogens (tertiary/aromatic N) is 2. The second-order valence-corrected chi connectivity index (χ2v) is 6.67. The van der Waals surface area contributed by atoms with Gasteiger partial charge in [-0.3, -0.25) is 0 Å². The minimum absolute atomic E-state index is 0.198. The zero-order valence-corrected chi connectivity index (χ0v) is 13.2. The van der Waals surface area contributed by atoms with E-state index < -0.39 is 27.3 Å². The molecule has 2 aromatic rings. The molecule has 0 saturated carbocycles. The van der Waals surface area contributed by atoms with E-state index in [1.54, 1.807) is 6.20 Å². The number of aryl methyl sites for hydroxylation is 2. The van der Waals surface area contributed by atoms with Crippen LogP contribution >= 0.6 is 0 Å². The van der Waals surface area contributed by atoms with Crippen LogP contribution in [0.3, 0.4) is 0 Å². The average Bonchev–Trinajstić information content (AvgIpc) is 2.89. The van der Waals surface area contributed by atoms with Gasteiger partial charge < -0.3 is 14.8 Å². The number of aromatic hydroxyl groups is 1. The zero-order valence-electron chi connectivity index (χ0n) is 12.4. The number of rotatable bonds is 7. The number of carboxylic acid groups (broad SMARTS) is 1. The lowest BCUT2D eigenvalue weighted by Crippen LogP contribution is -2.25. The van der Waals surface area contributed by atoms with E-state index in [9.17, 15) is 18.3 Å². The first-order valence-corrected chi connectivity index (χ1v) is 8.33. The SMILES string of the molecule is Cc1nccn1CCCNS(=O)(=O)c1ccc(O)c(C(=O)O)c1. The summed E-state index contributed by atoms with van der Waals surface area (Å²) >= 11 is 0.